The molecule has 6 heteroatoms. The van der Waals surface area contributed by atoms with E-state index in [1.807, 2.05) is 43.3 Å². The third-order valence-electron chi connectivity index (χ3n) is 6.12. The highest BCUT2D eigenvalue weighted by Crippen LogP contribution is 2.41. The van der Waals surface area contributed by atoms with E-state index in [1.165, 1.54) is 0 Å². The Morgan fingerprint density at radius 1 is 1.03 bits per heavy atom. The van der Waals surface area contributed by atoms with Crippen LogP contribution in [0.5, 0.6) is 5.75 Å². The summed E-state index contributed by atoms with van der Waals surface area (Å²) in [6.07, 6.45) is 4.86. The molecule has 1 amide bonds. The van der Waals surface area contributed by atoms with Crippen LogP contribution in [0.15, 0.2) is 76.1 Å². The van der Waals surface area contributed by atoms with Gasteiger partial charge in [-0.25, -0.2) is 4.98 Å². The highest BCUT2D eigenvalue weighted by molar-refractivity contribution is 6.10. The number of benzene rings is 2. The van der Waals surface area contributed by atoms with Crippen molar-refractivity contribution in [2.24, 2.45) is 0 Å². The third-order valence-corrected chi connectivity index (χ3v) is 6.12. The largest absolute Gasteiger partial charge is 0.494 e. The number of anilines is 1. The molecule has 5 rings (SSSR count). The first-order valence-corrected chi connectivity index (χ1v) is 11.6. The van der Waals surface area contributed by atoms with Crippen molar-refractivity contribution in [1.29, 1.82) is 0 Å². The SMILES string of the molecule is CCCCCOc1cccc(C2c3c(oc4ccccc4c3=O)C(=O)N2c2cc(C)ccn2)c1. The predicted molar refractivity (Wildman–Crippen MR) is 132 cm³/mol. The Labute approximate surface area is 197 Å². The molecule has 1 aliphatic heterocycles. The van der Waals surface area contributed by atoms with Crippen LogP contribution in [-0.2, 0) is 0 Å². The Hall–Kier alpha value is -3.93. The minimum Gasteiger partial charge on any atom is -0.494 e. The van der Waals surface area contributed by atoms with Gasteiger partial charge < -0.3 is 9.15 Å². The topological polar surface area (TPSA) is 72.6 Å². The molecule has 2 aromatic carbocycles. The van der Waals surface area contributed by atoms with Gasteiger partial charge in [0.15, 0.2) is 5.43 Å². The van der Waals surface area contributed by atoms with E-state index in [0.29, 0.717) is 34.7 Å². The van der Waals surface area contributed by atoms with E-state index in [1.54, 1.807) is 35.4 Å². The lowest BCUT2D eigenvalue weighted by Gasteiger charge is -2.24. The standard InChI is InChI=1S/C28H26N2O4/c1-3-4-7-15-33-20-10-8-9-19(17-20)25-24-26(31)21-11-5-6-12-22(21)34-27(24)28(32)30(25)23-16-18(2)13-14-29-23/h5-6,8-14,16-17,25H,3-4,7,15H2,1-2H3. The number of carbonyl (C=O) groups excluding carboxylic acids is 1. The average molecular weight is 455 g/mol. The molecule has 2 aromatic heterocycles. The first-order valence-electron chi connectivity index (χ1n) is 11.6. The fourth-order valence-corrected chi connectivity index (χ4v) is 4.44. The zero-order chi connectivity index (χ0) is 23.7. The van der Waals surface area contributed by atoms with Crippen molar-refractivity contribution < 1.29 is 13.9 Å². The number of hydrogen-bond acceptors (Lipinski definition) is 5. The van der Waals surface area contributed by atoms with E-state index in [0.717, 1.165) is 30.4 Å². The maximum absolute atomic E-state index is 13.6. The van der Waals surface area contributed by atoms with Gasteiger partial charge >= 0.3 is 0 Å². The summed E-state index contributed by atoms with van der Waals surface area (Å²) in [5.41, 5.74) is 2.25. The molecule has 0 bridgehead atoms. The van der Waals surface area contributed by atoms with Crippen LogP contribution in [0.1, 0.15) is 59.5 Å². The fourth-order valence-electron chi connectivity index (χ4n) is 4.44. The number of unbranched alkanes of at least 4 members (excludes halogenated alkanes) is 2. The van der Waals surface area contributed by atoms with E-state index in [2.05, 4.69) is 11.9 Å². The smallest absolute Gasteiger partial charge is 0.296 e. The van der Waals surface area contributed by atoms with Crippen LogP contribution in [0.4, 0.5) is 5.82 Å². The molecule has 6 nitrogen and oxygen atoms in total. The zero-order valence-electron chi connectivity index (χ0n) is 19.3. The Morgan fingerprint density at radius 2 is 1.88 bits per heavy atom. The second-order valence-corrected chi connectivity index (χ2v) is 8.57. The summed E-state index contributed by atoms with van der Waals surface area (Å²) < 4.78 is 12.0. The first-order chi connectivity index (χ1) is 16.6. The number of pyridine rings is 1. The molecule has 0 saturated heterocycles. The Kier molecular flexibility index (Phi) is 5.88. The van der Waals surface area contributed by atoms with E-state index < -0.39 is 6.04 Å². The van der Waals surface area contributed by atoms with Gasteiger partial charge in [0.25, 0.3) is 5.91 Å². The zero-order valence-corrected chi connectivity index (χ0v) is 19.3. The monoisotopic (exact) mass is 454 g/mol. The average Bonchev–Trinajstić information content (AvgIpc) is 3.15. The molecule has 0 spiro atoms. The van der Waals surface area contributed by atoms with Crippen molar-refractivity contribution >= 4 is 22.7 Å². The first kappa shape index (κ1) is 21.9. The number of ether oxygens (including phenoxy) is 1. The summed E-state index contributed by atoms with van der Waals surface area (Å²) in [7, 11) is 0. The highest BCUT2D eigenvalue weighted by atomic mass is 16.5. The Morgan fingerprint density at radius 3 is 2.71 bits per heavy atom. The third kappa shape index (κ3) is 3.85. The Balaban J connectivity index is 1.66. The number of aryl methyl sites for hydroxylation is 1. The van der Waals surface area contributed by atoms with Gasteiger partial charge in [-0.2, -0.15) is 0 Å². The molecule has 34 heavy (non-hydrogen) atoms. The van der Waals surface area contributed by atoms with Gasteiger partial charge in [0.2, 0.25) is 5.76 Å². The second-order valence-electron chi connectivity index (χ2n) is 8.57. The summed E-state index contributed by atoms with van der Waals surface area (Å²) in [4.78, 5) is 33.3. The predicted octanol–water partition coefficient (Wildman–Crippen LogP) is 5.82. The molecule has 0 fully saturated rings. The number of para-hydroxylation sites is 1. The van der Waals surface area contributed by atoms with Crippen molar-refractivity contribution in [1.82, 2.24) is 4.98 Å². The summed E-state index contributed by atoms with van der Waals surface area (Å²) in [6.45, 7) is 4.71. The lowest BCUT2D eigenvalue weighted by molar-refractivity contribution is 0.0970. The van der Waals surface area contributed by atoms with E-state index in [-0.39, 0.29) is 17.1 Å². The number of fused-ring (bicyclic) bond motifs is 2. The van der Waals surface area contributed by atoms with Gasteiger partial charge in [-0.1, -0.05) is 44.0 Å². The van der Waals surface area contributed by atoms with Crippen LogP contribution in [0, 0.1) is 6.92 Å². The van der Waals surface area contributed by atoms with Gasteiger partial charge in [-0.05, 0) is 60.9 Å². The van der Waals surface area contributed by atoms with Gasteiger partial charge in [-0.15, -0.1) is 0 Å². The number of amides is 1. The van der Waals surface area contributed by atoms with E-state index in [9.17, 15) is 9.59 Å². The van der Waals surface area contributed by atoms with Crippen LogP contribution in [-0.4, -0.2) is 17.5 Å². The molecule has 0 N–H and O–H groups in total. The molecule has 0 saturated carbocycles. The molecule has 0 aliphatic carbocycles. The molecular weight excluding hydrogens is 428 g/mol. The highest BCUT2D eigenvalue weighted by Gasteiger charge is 2.44. The molecule has 1 aliphatic rings. The van der Waals surface area contributed by atoms with Crippen molar-refractivity contribution in [2.45, 2.75) is 39.2 Å². The van der Waals surface area contributed by atoms with Crippen LogP contribution >= 0.6 is 0 Å². The Bertz CT molecular complexity index is 1430. The van der Waals surface area contributed by atoms with Crippen LogP contribution < -0.4 is 15.1 Å². The van der Waals surface area contributed by atoms with Crippen LogP contribution in [0.25, 0.3) is 11.0 Å². The van der Waals surface area contributed by atoms with Gasteiger partial charge in [0.05, 0.1) is 23.6 Å². The number of nitrogens with zero attached hydrogens (tertiary/aromatic N) is 2. The fraction of sp³-hybridized carbons (Fsp3) is 0.250. The summed E-state index contributed by atoms with van der Waals surface area (Å²) in [5.74, 6) is 0.859. The molecule has 0 radical (unpaired) electrons. The van der Waals surface area contributed by atoms with Gasteiger partial charge in [0, 0.05) is 6.20 Å². The van der Waals surface area contributed by atoms with Crippen LogP contribution in [0.2, 0.25) is 0 Å². The molecule has 1 unspecified atom stereocenters. The van der Waals surface area contributed by atoms with Crippen molar-refractivity contribution in [2.75, 3.05) is 11.5 Å². The van der Waals surface area contributed by atoms with Crippen LogP contribution in [0.3, 0.4) is 0 Å². The van der Waals surface area contributed by atoms with E-state index in [4.69, 9.17) is 9.15 Å². The molecule has 3 heterocycles. The quantitative estimate of drug-likeness (QED) is 0.329. The van der Waals surface area contributed by atoms with Crippen molar-refractivity contribution in [3.05, 3.63) is 99.5 Å². The summed E-state index contributed by atoms with van der Waals surface area (Å²) >= 11 is 0. The van der Waals surface area contributed by atoms with E-state index >= 15 is 0 Å². The van der Waals surface area contributed by atoms with Crippen molar-refractivity contribution in [3.8, 4) is 5.75 Å². The number of carbonyl (C=O) groups is 1. The van der Waals surface area contributed by atoms with Crippen molar-refractivity contribution in [3.63, 3.8) is 0 Å². The minimum atomic E-state index is -0.670. The summed E-state index contributed by atoms with van der Waals surface area (Å²) in [6, 6.07) is 17.6. The lowest BCUT2D eigenvalue weighted by atomic mass is 9.98. The second kappa shape index (κ2) is 9.14. The lowest BCUT2D eigenvalue weighted by Crippen LogP contribution is -2.30. The minimum absolute atomic E-state index is 0.0614. The maximum atomic E-state index is 13.6. The number of rotatable bonds is 7. The molecule has 4 aromatic rings. The molecular formula is C28H26N2O4. The summed E-state index contributed by atoms with van der Waals surface area (Å²) in [5, 5.41) is 0.449. The number of hydrogen-bond donors (Lipinski definition) is 0. The van der Waals surface area contributed by atoms with Gasteiger partial charge in [-0.3, -0.25) is 14.5 Å². The normalized spacial score (nSPS) is 15.1. The molecule has 172 valence electrons. The van der Waals surface area contributed by atoms with Gasteiger partial charge in [0.1, 0.15) is 17.2 Å². The maximum Gasteiger partial charge on any atom is 0.296 e. The number of aromatic nitrogens is 1. The molecule has 1 atom stereocenters.